The molecule has 0 aliphatic carbocycles. The Morgan fingerprint density at radius 3 is 3.00 bits per heavy atom. The number of hydrogen-bond acceptors (Lipinski definition) is 7. The third kappa shape index (κ3) is 1.78. The molecule has 0 bridgehead atoms. The Labute approximate surface area is 102 Å². The summed E-state index contributed by atoms with van der Waals surface area (Å²) in [5.74, 6) is 1.52. The van der Waals surface area contributed by atoms with Gasteiger partial charge in [0.15, 0.2) is 5.96 Å². The fraction of sp³-hybridized carbons (Fsp3) is 0.300. The molecule has 88 valence electrons. The minimum absolute atomic E-state index is 0.737. The molecule has 0 saturated carbocycles. The molecule has 3 rings (SSSR count). The van der Waals surface area contributed by atoms with Crippen molar-refractivity contribution >= 4 is 34.4 Å². The van der Waals surface area contributed by atoms with Gasteiger partial charge in [-0.3, -0.25) is 4.99 Å². The van der Waals surface area contributed by atoms with Gasteiger partial charge >= 0.3 is 0 Å². The largest absolute Gasteiger partial charge is 0.494 e. The van der Waals surface area contributed by atoms with Gasteiger partial charge < -0.3 is 15.4 Å². The molecule has 1 aliphatic rings. The van der Waals surface area contributed by atoms with E-state index in [9.17, 15) is 0 Å². The van der Waals surface area contributed by atoms with Crippen LogP contribution in [0.2, 0.25) is 0 Å². The monoisotopic (exact) mass is 249 g/mol. The van der Waals surface area contributed by atoms with Gasteiger partial charge in [0.1, 0.15) is 16.8 Å². The molecule has 2 aromatic rings. The van der Waals surface area contributed by atoms with Crippen molar-refractivity contribution in [2.45, 2.75) is 0 Å². The second kappa shape index (κ2) is 4.17. The molecule has 0 atom stereocenters. The average molecular weight is 249 g/mol. The first-order chi connectivity index (χ1) is 8.38. The number of anilines is 1. The third-order valence-corrected chi connectivity index (χ3v) is 3.05. The number of aromatic nitrogens is 2. The SMILES string of the molecule is COc1ccc(NC2=NCCN2)c2nsnc12. The number of nitrogens with one attached hydrogen (secondary N) is 2. The second-order valence-corrected chi connectivity index (χ2v) is 4.09. The molecule has 2 heterocycles. The lowest BCUT2D eigenvalue weighted by Gasteiger charge is -2.08. The smallest absolute Gasteiger partial charge is 0.195 e. The summed E-state index contributed by atoms with van der Waals surface area (Å²) in [4.78, 5) is 4.28. The molecule has 0 amide bonds. The van der Waals surface area contributed by atoms with E-state index in [0.717, 1.165) is 41.5 Å². The van der Waals surface area contributed by atoms with Crippen molar-refractivity contribution in [3.8, 4) is 5.75 Å². The molecule has 0 radical (unpaired) electrons. The molecule has 6 nitrogen and oxygen atoms in total. The van der Waals surface area contributed by atoms with Crippen LogP contribution in [0.1, 0.15) is 0 Å². The van der Waals surface area contributed by atoms with Crippen LogP contribution < -0.4 is 15.4 Å². The Morgan fingerprint density at radius 2 is 2.24 bits per heavy atom. The number of methoxy groups -OCH3 is 1. The molecular formula is C10H11N5OS. The summed E-state index contributed by atoms with van der Waals surface area (Å²) < 4.78 is 13.7. The highest BCUT2D eigenvalue weighted by molar-refractivity contribution is 7.00. The Balaban J connectivity index is 2.02. The predicted octanol–water partition coefficient (Wildman–Crippen LogP) is 1.07. The van der Waals surface area contributed by atoms with Gasteiger partial charge in [0.2, 0.25) is 0 Å². The number of hydrogen-bond donors (Lipinski definition) is 2. The first kappa shape index (κ1) is 10.3. The van der Waals surface area contributed by atoms with Gasteiger partial charge in [-0.05, 0) is 12.1 Å². The molecule has 0 saturated heterocycles. The summed E-state index contributed by atoms with van der Waals surface area (Å²) in [6.07, 6.45) is 0. The van der Waals surface area contributed by atoms with Crippen LogP contribution >= 0.6 is 11.7 Å². The summed E-state index contributed by atoms with van der Waals surface area (Å²) in [6, 6.07) is 3.80. The maximum Gasteiger partial charge on any atom is 0.195 e. The van der Waals surface area contributed by atoms with Crippen LogP contribution in [0.25, 0.3) is 11.0 Å². The highest BCUT2D eigenvalue weighted by atomic mass is 32.1. The van der Waals surface area contributed by atoms with E-state index < -0.39 is 0 Å². The van der Waals surface area contributed by atoms with Gasteiger partial charge in [-0.1, -0.05) is 0 Å². The predicted molar refractivity (Wildman–Crippen MR) is 67.9 cm³/mol. The van der Waals surface area contributed by atoms with Crippen LogP contribution in [0, 0.1) is 0 Å². The second-order valence-electron chi connectivity index (χ2n) is 3.56. The molecule has 17 heavy (non-hydrogen) atoms. The van der Waals surface area contributed by atoms with Crippen molar-refractivity contribution in [2.75, 3.05) is 25.5 Å². The number of rotatable bonds is 2. The molecule has 0 spiro atoms. The van der Waals surface area contributed by atoms with Crippen LogP contribution in [-0.4, -0.2) is 34.9 Å². The Hall–Kier alpha value is -1.89. The fourth-order valence-corrected chi connectivity index (χ4v) is 2.28. The lowest BCUT2D eigenvalue weighted by molar-refractivity contribution is 0.419. The normalized spacial score (nSPS) is 14.5. The lowest BCUT2D eigenvalue weighted by Crippen LogP contribution is -2.26. The standard InChI is InChI=1S/C10H11N5OS/c1-16-7-3-2-6(8-9(7)15-17-14-8)13-10-11-4-5-12-10/h2-3H,4-5H2,1H3,(H2,11,12,13). The fourth-order valence-electron chi connectivity index (χ4n) is 1.72. The quantitative estimate of drug-likeness (QED) is 0.833. The zero-order chi connectivity index (χ0) is 11.7. The number of nitrogens with zero attached hydrogens (tertiary/aromatic N) is 3. The Kier molecular flexibility index (Phi) is 2.52. The van der Waals surface area contributed by atoms with E-state index in [1.165, 1.54) is 11.7 Å². The van der Waals surface area contributed by atoms with E-state index in [0.29, 0.717) is 0 Å². The first-order valence-electron chi connectivity index (χ1n) is 5.23. The zero-order valence-corrected chi connectivity index (χ0v) is 10.0. The maximum atomic E-state index is 5.24. The molecule has 7 heteroatoms. The number of benzene rings is 1. The third-order valence-electron chi connectivity index (χ3n) is 2.53. The molecule has 1 aliphatic heterocycles. The first-order valence-corrected chi connectivity index (χ1v) is 5.96. The van der Waals surface area contributed by atoms with Crippen LogP contribution in [0.5, 0.6) is 5.75 Å². The van der Waals surface area contributed by atoms with E-state index in [4.69, 9.17) is 4.74 Å². The summed E-state index contributed by atoms with van der Waals surface area (Å²) in [5.41, 5.74) is 2.48. The van der Waals surface area contributed by atoms with Crippen molar-refractivity contribution in [3.63, 3.8) is 0 Å². The molecule has 2 N–H and O–H groups in total. The van der Waals surface area contributed by atoms with Crippen LogP contribution in [0.4, 0.5) is 5.69 Å². The van der Waals surface area contributed by atoms with Crippen molar-refractivity contribution < 1.29 is 4.74 Å². The van der Waals surface area contributed by atoms with Crippen molar-refractivity contribution in [1.29, 1.82) is 0 Å². The zero-order valence-electron chi connectivity index (χ0n) is 9.23. The van der Waals surface area contributed by atoms with Gasteiger partial charge in [0, 0.05) is 6.54 Å². The van der Waals surface area contributed by atoms with Crippen molar-refractivity contribution in [1.82, 2.24) is 14.1 Å². The van der Waals surface area contributed by atoms with E-state index >= 15 is 0 Å². The highest BCUT2D eigenvalue weighted by Crippen LogP contribution is 2.29. The topological polar surface area (TPSA) is 71.4 Å². The minimum atomic E-state index is 0.737. The number of ether oxygens (including phenoxy) is 1. The number of fused-ring (bicyclic) bond motifs is 1. The molecule has 0 unspecified atom stereocenters. The molecular weight excluding hydrogens is 238 g/mol. The van der Waals surface area contributed by atoms with Gasteiger partial charge in [-0.15, -0.1) is 0 Å². The molecule has 1 aromatic heterocycles. The van der Waals surface area contributed by atoms with E-state index in [1.807, 2.05) is 12.1 Å². The number of guanidine groups is 1. The lowest BCUT2D eigenvalue weighted by atomic mass is 10.2. The molecule has 0 fully saturated rings. The Bertz CT molecular complexity index is 579. The van der Waals surface area contributed by atoms with Gasteiger partial charge in [0.05, 0.1) is 31.1 Å². The Morgan fingerprint density at radius 1 is 1.35 bits per heavy atom. The summed E-state index contributed by atoms with van der Waals surface area (Å²) in [5, 5.41) is 6.36. The average Bonchev–Trinajstić information content (AvgIpc) is 2.99. The van der Waals surface area contributed by atoms with Crippen molar-refractivity contribution in [3.05, 3.63) is 12.1 Å². The summed E-state index contributed by atoms with van der Waals surface area (Å²) in [6.45, 7) is 1.67. The molecule has 1 aromatic carbocycles. The highest BCUT2D eigenvalue weighted by Gasteiger charge is 2.13. The van der Waals surface area contributed by atoms with Crippen LogP contribution in [0.3, 0.4) is 0 Å². The number of aliphatic imine (C=N–C) groups is 1. The summed E-state index contributed by atoms with van der Waals surface area (Å²) in [7, 11) is 1.63. The van der Waals surface area contributed by atoms with Gasteiger partial charge in [-0.25, -0.2) is 0 Å². The van der Waals surface area contributed by atoms with Gasteiger partial charge in [0.25, 0.3) is 0 Å². The van der Waals surface area contributed by atoms with Crippen LogP contribution in [0.15, 0.2) is 17.1 Å². The maximum absolute atomic E-state index is 5.24. The van der Waals surface area contributed by atoms with E-state index in [1.54, 1.807) is 7.11 Å². The van der Waals surface area contributed by atoms with Gasteiger partial charge in [-0.2, -0.15) is 8.75 Å². The minimum Gasteiger partial charge on any atom is -0.494 e. The van der Waals surface area contributed by atoms with Crippen molar-refractivity contribution in [2.24, 2.45) is 4.99 Å². The van der Waals surface area contributed by atoms with E-state index in [2.05, 4.69) is 24.4 Å². The summed E-state index contributed by atoms with van der Waals surface area (Å²) >= 11 is 1.17. The van der Waals surface area contributed by atoms with Crippen LogP contribution in [-0.2, 0) is 0 Å². The van der Waals surface area contributed by atoms with E-state index in [-0.39, 0.29) is 0 Å².